The Balaban J connectivity index is 1.65. The smallest absolute Gasteiger partial charge is 0.163 e. The van der Waals surface area contributed by atoms with Gasteiger partial charge in [0.1, 0.15) is 17.6 Å². The first-order chi connectivity index (χ1) is 12.7. The molecule has 6 heteroatoms. The summed E-state index contributed by atoms with van der Waals surface area (Å²) in [7, 11) is 3.68. The molecule has 0 saturated carbocycles. The number of methoxy groups -OCH3 is 1. The summed E-state index contributed by atoms with van der Waals surface area (Å²) in [6.07, 6.45) is 0.109. The first-order valence-electron chi connectivity index (χ1n) is 8.69. The monoisotopic (exact) mass is 350 g/mol. The second-order valence-corrected chi connectivity index (χ2v) is 6.51. The fraction of sp³-hybridized carbons (Fsp3) is 0.300. The van der Waals surface area contributed by atoms with E-state index >= 15 is 0 Å². The summed E-state index contributed by atoms with van der Waals surface area (Å²) in [6, 6.07) is 16.0. The van der Waals surface area contributed by atoms with Gasteiger partial charge in [-0.2, -0.15) is 0 Å². The van der Waals surface area contributed by atoms with Crippen LogP contribution in [0.1, 0.15) is 12.7 Å². The molecule has 0 saturated heterocycles. The largest absolute Gasteiger partial charge is 0.497 e. The lowest BCUT2D eigenvalue weighted by molar-refractivity contribution is 0.211. The minimum atomic E-state index is 0.109. The van der Waals surface area contributed by atoms with Crippen molar-refractivity contribution in [3.05, 3.63) is 54.4 Å². The van der Waals surface area contributed by atoms with Gasteiger partial charge >= 0.3 is 0 Å². The van der Waals surface area contributed by atoms with E-state index in [-0.39, 0.29) is 6.10 Å². The Morgan fingerprint density at radius 3 is 2.73 bits per heavy atom. The molecule has 0 aliphatic carbocycles. The van der Waals surface area contributed by atoms with Gasteiger partial charge in [-0.1, -0.05) is 30.3 Å². The molecule has 6 nitrogen and oxygen atoms in total. The van der Waals surface area contributed by atoms with Crippen LogP contribution in [0.5, 0.6) is 11.5 Å². The highest BCUT2D eigenvalue weighted by Gasteiger charge is 2.25. The third-order valence-electron chi connectivity index (χ3n) is 4.64. The van der Waals surface area contributed by atoms with Crippen molar-refractivity contribution < 1.29 is 9.47 Å². The summed E-state index contributed by atoms with van der Waals surface area (Å²) in [6.45, 7) is 3.52. The minimum absolute atomic E-state index is 0.109. The molecule has 0 N–H and O–H groups in total. The molecular formula is C20H22N4O2. The van der Waals surface area contributed by atoms with Crippen molar-refractivity contribution in [1.82, 2.24) is 14.8 Å². The maximum absolute atomic E-state index is 5.96. The fourth-order valence-electron chi connectivity index (χ4n) is 3.29. The van der Waals surface area contributed by atoms with Crippen LogP contribution in [0.25, 0.3) is 11.4 Å². The van der Waals surface area contributed by atoms with Crippen molar-refractivity contribution in [2.45, 2.75) is 19.6 Å². The van der Waals surface area contributed by atoms with Crippen LogP contribution in [0.2, 0.25) is 0 Å². The quantitative estimate of drug-likeness (QED) is 0.723. The standard InChI is InChI=1S/C20H22N4O2/c1-14-12-24(17-11-16(25-3)9-10-18(17)26-14)13-19-21-22-20(23(19)2)15-7-5-4-6-8-15/h4-11,14H,12-13H2,1-3H3/t14-/m1/s1. The molecular weight excluding hydrogens is 328 g/mol. The number of anilines is 1. The molecule has 2 heterocycles. The third kappa shape index (κ3) is 2.98. The molecule has 2 aromatic carbocycles. The Kier molecular flexibility index (Phi) is 4.24. The highest BCUT2D eigenvalue weighted by Crippen LogP contribution is 2.37. The van der Waals surface area contributed by atoms with E-state index in [0.717, 1.165) is 40.9 Å². The molecule has 1 aliphatic rings. The van der Waals surface area contributed by atoms with Gasteiger partial charge in [0.15, 0.2) is 11.6 Å². The number of rotatable bonds is 4. The van der Waals surface area contributed by atoms with Crippen molar-refractivity contribution in [2.75, 3.05) is 18.6 Å². The van der Waals surface area contributed by atoms with E-state index < -0.39 is 0 Å². The normalized spacial score (nSPS) is 16.1. The molecule has 4 rings (SSSR count). The Labute approximate surface area is 153 Å². The number of benzene rings is 2. The first-order valence-corrected chi connectivity index (χ1v) is 8.69. The van der Waals surface area contributed by atoms with Crippen LogP contribution in [0.3, 0.4) is 0 Å². The Bertz CT molecular complexity index is 907. The lowest BCUT2D eigenvalue weighted by Gasteiger charge is -2.34. The number of hydrogen-bond donors (Lipinski definition) is 0. The van der Waals surface area contributed by atoms with E-state index in [1.54, 1.807) is 7.11 Å². The molecule has 134 valence electrons. The maximum Gasteiger partial charge on any atom is 0.163 e. The predicted molar refractivity (Wildman–Crippen MR) is 101 cm³/mol. The average Bonchev–Trinajstić information content (AvgIpc) is 3.02. The Morgan fingerprint density at radius 1 is 1.15 bits per heavy atom. The van der Waals surface area contributed by atoms with Gasteiger partial charge in [-0.15, -0.1) is 10.2 Å². The summed E-state index contributed by atoms with van der Waals surface area (Å²) in [4.78, 5) is 2.27. The number of hydrogen-bond acceptors (Lipinski definition) is 5. The van der Waals surface area contributed by atoms with Gasteiger partial charge in [-0.05, 0) is 19.1 Å². The summed E-state index contributed by atoms with van der Waals surface area (Å²) >= 11 is 0. The summed E-state index contributed by atoms with van der Waals surface area (Å²) < 4.78 is 13.4. The number of nitrogens with zero attached hydrogens (tertiary/aromatic N) is 4. The average molecular weight is 350 g/mol. The Morgan fingerprint density at radius 2 is 1.96 bits per heavy atom. The molecule has 1 atom stereocenters. The van der Waals surface area contributed by atoms with Gasteiger partial charge in [0.2, 0.25) is 0 Å². The van der Waals surface area contributed by atoms with Crippen LogP contribution in [0.15, 0.2) is 48.5 Å². The molecule has 1 aliphatic heterocycles. The third-order valence-corrected chi connectivity index (χ3v) is 4.64. The highest BCUT2D eigenvalue weighted by molar-refractivity contribution is 5.63. The van der Waals surface area contributed by atoms with Crippen molar-refractivity contribution in [3.63, 3.8) is 0 Å². The molecule has 0 spiro atoms. The van der Waals surface area contributed by atoms with Crippen LogP contribution >= 0.6 is 0 Å². The van der Waals surface area contributed by atoms with Crippen molar-refractivity contribution >= 4 is 5.69 Å². The van der Waals surface area contributed by atoms with Crippen LogP contribution < -0.4 is 14.4 Å². The second kappa shape index (κ2) is 6.71. The van der Waals surface area contributed by atoms with Crippen LogP contribution in [0, 0.1) is 0 Å². The number of fused-ring (bicyclic) bond motifs is 1. The second-order valence-electron chi connectivity index (χ2n) is 6.51. The molecule has 3 aromatic rings. The maximum atomic E-state index is 5.96. The zero-order valence-electron chi connectivity index (χ0n) is 15.2. The number of ether oxygens (including phenoxy) is 2. The van der Waals surface area contributed by atoms with Gasteiger partial charge in [-0.25, -0.2) is 0 Å². The topological polar surface area (TPSA) is 52.4 Å². The van der Waals surface area contributed by atoms with Crippen LogP contribution in [-0.2, 0) is 13.6 Å². The van der Waals surface area contributed by atoms with Gasteiger partial charge in [0, 0.05) is 18.7 Å². The van der Waals surface area contributed by atoms with Crippen LogP contribution in [0.4, 0.5) is 5.69 Å². The van der Waals surface area contributed by atoms with Crippen molar-refractivity contribution in [3.8, 4) is 22.9 Å². The molecule has 0 fully saturated rings. The van der Waals surface area contributed by atoms with Gasteiger partial charge in [-0.3, -0.25) is 0 Å². The lowest BCUT2D eigenvalue weighted by atomic mass is 10.2. The van der Waals surface area contributed by atoms with Gasteiger partial charge in [0.25, 0.3) is 0 Å². The van der Waals surface area contributed by atoms with E-state index in [1.807, 2.05) is 55.6 Å². The van der Waals surface area contributed by atoms with Crippen molar-refractivity contribution in [1.29, 1.82) is 0 Å². The van der Waals surface area contributed by atoms with Gasteiger partial charge < -0.3 is 18.9 Å². The summed E-state index contributed by atoms with van der Waals surface area (Å²) in [5, 5.41) is 8.82. The van der Waals surface area contributed by atoms with E-state index in [1.165, 1.54) is 0 Å². The van der Waals surface area contributed by atoms with E-state index in [9.17, 15) is 0 Å². The van der Waals surface area contributed by atoms with Gasteiger partial charge in [0.05, 0.1) is 25.9 Å². The van der Waals surface area contributed by atoms with E-state index in [4.69, 9.17) is 9.47 Å². The molecule has 0 unspecified atom stereocenters. The van der Waals surface area contributed by atoms with Crippen molar-refractivity contribution in [2.24, 2.45) is 7.05 Å². The summed E-state index contributed by atoms with van der Waals surface area (Å²) in [5.74, 6) is 3.46. The predicted octanol–water partition coefficient (Wildman–Crippen LogP) is 3.28. The highest BCUT2D eigenvalue weighted by atomic mass is 16.5. The molecule has 0 radical (unpaired) electrons. The Hall–Kier alpha value is -3.02. The molecule has 1 aromatic heterocycles. The molecule has 0 bridgehead atoms. The summed E-state index contributed by atoms with van der Waals surface area (Å²) in [5.41, 5.74) is 2.08. The lowest BCUT2D eigenvalue weighted by Crippen LogP contribution is -2.38. The minimum Gasteiger partial charge on any atom is -0.497 e. The number of aromatic nitrogens is 3. The van der Waals surface area contributed by atoms with E-state index in [0.29, 0.717) is 6.54 Å². The SMILES string of the molecule is COc1ccc2c(c1)N(Cc1nnc(-c3ccccc3)n1C)C[C@@H](C)O2. The fourth-order valence-corrected chi connectivity index (χ4v) is 3.29. The van der Waals surface area contributed by atoms with E-state index in [2.05, 4.69) is 26.6 Å². The molecule has 0 amide bonds. The molecule has 26 heavy (non-hydrogen) atoms. The zero-order chi connectivity index (χ0) is 18.1. The van der Waals surface area contributed by atoms with Crippen LogP contribution in [-0.4, -0.2) is 34.5 Å². The first kappa shape index (κ1) is 16.4. The zero-order valence-corrected chi connectivity index (χ0v) is 15.2.